The van der Waals surface area contributed by atoms with E-state index in [2.05, 4.69) is 25.7 Å². The average Bonchev–Trinajstić information content (AvgIpc) is 3.31. The van der Waals surface area contributed by atoms with Crippen molar-refractivity contribution in [3.63, 3.8) is 0 Å². The molecule has 0 fully saturated rings. The molecule has 2 aromatic heterocycles. The number of urea groups is 1. The van der Waals surface area contributed by atoms with E-state index in [0.29, 0.717) is 24.7 Å². The second-order valence-electron chi connectivity index (χ2n) is 5.64. The Labute approximate surface area is 145 Å². The van der Waals surface area contributed by atoms with Crippen molar-refractivity contribution in [2.24, 2.45) is 0 Å². The molecule has 1 aromatic carbocycles. The number of carbonyl (C=O) groups is 1. The summed E-state index contributed by atoms with van der Waals surface area (Å²) in [7, 11) is 1.69. The van der Waals surface area contributed by atoms with Crippen LogP contribution in [0, 0.1) is 0 Å². The Kier molecular flexibility index (Phi) is 5.08. The van der Waals surface area contributed by atoms with Crippen molar-refractivity contribution in [1.82, 2.24) is 30.6 Å². The van der Waals surface area contributed by atoms with Gasteiger partial charge in [-0.3, -0.25) is 5.10 Å². The Bertz CT molecular complexity index is 810. The maximum Gasteiger partial charge on any atom is 0.317 e. The molecule has 0 radical (unpaired) electrons. The number of amides is 2. The van der Waals surface area contributed by atoms with Crippen LogP contribution in [0.1, 0.15) is 24.2 Å². The van der Waals surface area contributed by atoms with E-state index in [-0.39, 0.29) is 12.6 Å². The molecule has 0 bridgehead atoms. The molecule has 130 valence electrons. The summed E-state index contributed by atoms with van der Waals surface area (Å²) in [5, 5.41) is 13.5. The van der Waals surface area contributed by atoms with Crippen LogP contribution in [-0.4, -0.2) is 38.3 Å². The van der Waals surface area contributed by atoms with E-state index in [1.54, 1.807) is 13.2 Å². The van der Waals surface area contributed by atoms with Crippen molar-refractivity contribution in [1.29, 1.82) is 0 Å². The molecule has 2 N–H and O–H groups in total. The average molecular weight is 340 g/mol. The van der Waals surface area contributed by atoms with Crippen LogP contribution in [0.2, 0.25) is 0 Å². The quantitative estimate of drug-likeness (QED) is 0.717. The summed E-state index contributed by atoms with van der Waals surface area (Å²) < 4.78 is 5.10. The molecule has 8 nitrogen and oxygen atoms in total. The lowest BCUT2D eigenvalue weighted by atomic mass is 10.1. The van der Waals surface area contributed by atoms with Crippen LogP contribution in [0.25, 0.3) is 11.3 Å². The number of nitrogens with zero attached hydrogens (tertiary/aromatic N) is 4. The third kappa shape index (κ3) is 4.23. The van der Waals surface area contributed by atoms with Gasteiger partial charge in [0, 0.05) is 26.2 Å². The van der Waals surface area contributed by atoms with E-state index < -0.39 is 0 Å². The summed E-state index contributed by atoms with van der Waals surface area (Å²) in [6.45, 7) is 2.66. The van der Waals surface area contributed by atoms with Gasteiger partial charge in [-0.2, -0.15) is 10.1 Å². The number of aryl methyl sites for hydroxylation is 1. The molecule has 25 heavy (non-hydrogen) atoms. The van der Waals surface area contributed by atoms with Crippen LogP contribution < -0.4 is 5.32 Å². The number of carbonyl (C=O) groups excluding carboxylic acids is 1. The zero-order chi connectivity index (χ0) is 17.6. The van der Waals surface area contributed by atoms with Gasteiger partial charge in [0.2, 0.25) is 5.89 Å². The Morgan fingerprint density at radius 1 is 1.28 bits per heavy atom. The van der Waals surface area contributed by atoms with Crippen molar-refractivity contribution in [2.45, 2.75) is 26.4 Å². The summed E-state index contributed by atoms with van der Waals surface area (Å²) >= 11 is 0. The molecule has 0 aliphatic carbocycles. The van der Waals surface area contributed by atoms with E-state index >= 15 is 0 Å². The van der Waals surface area contributed by atoms with Gasteiger partial charge in [-0.25, -0.2) is 4.79 Å². The second-order valence-corrected chi connectivity index (χ2v) is 5.64. The second kappa shape index (κ2) is 7.61. The fourth-order valence-corrected chi connectivity index (χ4v) is 2.30. The van der Waals surface area contributed by atoms with Gasteiger partial charge >= 0.3 is 6.03 Å². The van der Waals surface area contributed by atoms with Gasteiger partial charge in [0.15, 0.2) is 5.82 Å². The van der Waals surface area contributed by atoms with Crippen molar-refractivity contribution in [2.75, 3.05) is 7.05 Å². The minimum absolute atomic E-state index is 0.200. The smallest absolute Gasteiger partial charge is 0.317 e. The van der Waals surface area contributed by atoms with E-state index in [9.17, 15) is 4.79 Å². The maximum absolute atomic E-state index is 12.2. The van der Waals surface area contributed by atoms with Crippen LogP contribution in [0.3, 0.4) is 0 Å². The molecular weight excluding hydrogens is 320 g/mol. The first-order valence-corrected chi connectivity index (χ1v) is 8.05. The minimum Gasteiger partial charge on any atom is -0.337 e. The summed E-state index contributed by atoms with van der Waals surface area (Å²) in [5.41, 5.74) is 3.02. The standard InChI is InChI=1S/C17H20N6O2/c1-3-15-20-16(25-22-15)11-23(2)17(24)18-10-12-4-6-13(7-5-12)14-8-9-19-21-14/h4-9H,3,10-11H2,1-2H3,(H,18,24)(H,19,21). The van der Waals surface area contributed by atoms with Gasteiger partial charge in [0.25, 0.3) is 0 Å². The Morgan fingerprint density at radius 3 is 2.72 bits per heavy atom. The molecule has 8 heteroatoms. The van der Waals surface area contributed by atoms with Crippen molar-refractivity contribution >= 4 is 6.03 Å². The molecule has 0 aliphatic heterocycles. The lowest BCUT2D eigenvalue weighted by molar-refractivity contribution is 0.199. The lowest BCUT2D eigenvalue weighted by Crippen LogP contribution is -2.36. The lowest BCUT2D eigenvalue weighted by Gasteiger charge is -2.15. The molecule has 0 atom stereocenters. The van der Waals surface area contributed by atoms with Crippen LogP contribution in [0.4, 0.5) is 4.79 Å². The highest BCUT2D eigenvalue weighted by Crippen LogP contribution is 2.16. The minimum atomic E-state index is -0.200. The van der Waals surface area contributed by atoms with Crippen LogP contribution in [-0.2, 0) is 19.5 Å². The van der Waals surface area contributed by atoms with E-state index in [1.165, 1.54) is 4.90 Å². The third-order valence-electron chi connectivity index (χ3n) is 3.75. The van der Waals surface area contributed by atoms with E-state index in [4.69, 9.17) is 4.52 Å². The highest BCUT2D eigenvalue weighted by Gasteiger charge is 2.13. The van der Waals surface area contributed by atoms with E-state index in [1.807, 2.05) is 37.3 Å². The number of aromatic amines is 1. The number of nitrogens with one attached hydrogen (secondary N) is 2. The SMILES string of the molecule is CCc1noc(CN(C)C(=O)NCc2ccc(-c3ccn[nH]3)cc2)n1. The maximum atomic E-state index is 12.2. The number of H-pyrrole nitrogens is 1. The van der Waals surface area contributed by atoms with Gasteiger partial charge in [-0.15, -0.1) is 0 Å². The molecule has 3 rings (SSSR count). The van der Waals surface area contributed by atoms with Crippen molar-refractivity contribution < 1.29 is 9.32 Å². The molecule has 0 saturated heterocycles. The summed E-state index contributed by atoms with van der Waals surface area (Å²) in [6, 6.07) is 9.64. The molecule has 2 heterocycles. The number of aromatic nitrogens is 4. The molecule has 0 aliphatic rings. The Morgan fingerprint density at radius 2 is 2.08 bits per heavy atom. The Hall–Kier alpha value is -3.16. The zero-order valence-electron chi connectivity index (χ0n) is 14.2. The topological polar surface area (TPSA) is 99.9 Å². The van der Waals surface area contributed by atoms with Crippen molar-refractivity contribution in [3.05, 3.63) is 53.8 Å². The van der Waals surface area contributed by atoms with Gasteiger partial charge in [-0.05, 0) is 17.2 Å². The third-order valence-corrected chi connectivity index (χ3v) is 3.75. The Balaban J connectivity index is 1.51. The summed E-state index contributed by atoms with van der Waals surface area (Å²) in [5.74, 6) is 1.07. The molecule has 3 aromatic rings. The fourth-order valence-electron chi connectivity index (χ4n) is 2.30. The molecule has 0 spiro atoms. The van der Waals surface area contributed by atoms with Gasteiger partial charge in [-0.1, -0.05) is 36.3 Å². The number of hydrogen-bond acceptors (Lipinski definition) is 5. The predicted octanol–water partition coefficient (Wildman–Crippen LogP) is 2.36. The highest BCUT2D eigenvalue weighted by atomic mass is 16.5. The first-order valence-electron chi connectivity index (χ1n) is 8.05. The molecule has 2 amide bonds. The summed E-state index contributed by atoms with van der Waals surface area (Å²) in [4.78, 5) is 17.9. The van der Waals surface area contributed by atoms with Gasteiger partial charge in [0.1, 0.15) is 6.54 Å². The fraction of sp³-hybridized carbons (Fsp3) is 0.294. The molecule has 0 saturated carbocycles. The van der Waals surface area contributed by atoms with E-state index in [0.717, 1.165) is 16.8 Å². The first-order chi connectivity index (χ1) is 12.2. The summed E-state index contributed by atoms with van der Waals surface area (Å²) in [6.07, 6.45) is 2.42. The van der Waals surface area contributed by atoms with Crippen LogP contribution in [0.15, 0.2) is 41.1 Å². The van der Waals surface area contributed by atoms with Gasteiger partial charge < -0.3 is 14.7 Å². The highest BCUT2D eigenvalue weighted by molar-refractivity contribution is 5.73. The first kappa shape index (κ1) is 16.7. The zero-order valence-corrected chi connectivity index (χ0v) is 14.2. The van der Waals surface area contributed by atoms with Crippen molar-refractivity contribution in [3.8, 4) is 11.3 Å². The van der Waals surface area contributed by atoms with Crippen LogP contribution in [0.5, 0.6) is 0 Å². The normalized spacial score (nSPS) is 10.6. The number of benzene rings is 1. The largest absolute Gasteiger partial charge is 0.337 e. The number of rotatable bonds is 6. The molecule has 0 unspecified atom stereocenters. The number of hydrogen-bond donors (Lipinski definition) is 2. The predicted molar refractivity (Wildman–Crippen MR) is 91.4 cm³/mol. The van der Waals surface area contributed by atoms with Crippen LogP contribution >= 0.6 is 0 Å². The molecular formula is C17H20N6O2. The monoisotopic (exact) mass is 340 g/mol. The van der Waals surface area contributed by atoms with Gasteiger partial charge in [0.05, 0.1) is 5.69 Å².